The summed E-state index contributed by atoms with van der Waals surface area (Å²) in [5.41, 5.74) is 2.76. The van der Waals surface area contributed by atoms with Crippen LogP contribution in [0.4, 0.5) is 11.4 Å². The molecule has 3 aromatic rings. The smallest absolute Gasteiger partial charge is 0.264 e. The molecule has 6 nitrogen and oxygen atoms in total. The van der Waals surface area contributed by atoms with Crippen LogP contribution >= 0.6 is 0 Å². The van der Waals surface area contributed by atoms with Gasteiger partial charge in [0.05, 0.1) is 22.8 Å². The van der Waals surface area contributed by atoms with Gasteiger partial charge >= 0.3 is 0 Å². The zero-order valence-corrected chi connectivity index (χ0v) is 16.6. The average Bonchev–Trinajstić information content (AvgIpc) is 2.72. The summed E-state index contributed by atoms with van der Waals surface area (Å²) < 4.78 is 33.9. The number of ether oxygens (including phenoxy) is 1. The highest BCUT2D eigenvalue weighted by Gasteiger charge is 2.27. The van der Waals surface area contributed by atoms with E-state index >= 15 is 0 Å². The van der Waals surface area contributed by atoms with E-state index in [2.05, 4.69) is 5.32 Å². The Bertz CT molecular complexity index is 1160. The van der Waals surface area contributed by atoms with E-state index in [4.69, 9.17) is 4.74 Å². The van der Waals surface area contributed by atoms with Crippen molar-refractivity contribution in [2.45, 2.75) is 18.4 Å². The summed E-state index contributed by atoms with van der Waals surface area (Å²) in [6.45, 7) is 2.03. The maximum absolute atomic E-state index is 13.6. The molecular formula is C22H20N2O4S. The van der Waals surface area contributed by atoms with Crippen LogP contribution in [0.25, 0.3) is 0 Å². The summed E-state index contributed by atoms with van der Waals surface area (Å²) in [5.74, 6) is 0.139. The predicted molar refractivity (Wildman–Crippen MR) is 112 cm³/mol. The lowest BCUT2D eigenvalue weighted by molar-refractivity contribution is -0.118. The fourth-order valence-corrected chi connectivity index (χ4v) is 4.67. The maximum Gasteiger partial charge on any atom is 0.264 e. The molecule has 0 aromatic heterocycles. The molecule has 0 aliphatic carbocycles. The van der Waals surface area contributed by atoms with E-state index in [-0.39, 0.29) is 24.0 Å². The molecule has 1 N–H and O–H groups in total. The van der Waals surface area contributed by atoms with E-state index < -0.39 is 10.0 Å². The maximum atomic E-state index is 13.6. The molecule has 0 radical (unpaired) electrons. The standard InChI is InChI=1S/C22H20N2O4S/c1-16-6-5-9-18(12-16)24(14-17-7-3-2-4-8-17)29(26,27)19-10-11-21-20(13-19)23-22(25)15-28-21/h2-13H,14-15H2,1H3,(H,23,25). The number of anilines is 2. The molecule has 1 aliphatic heterocycles. The third-order valence-corrected chi connectivity index (χ3v) is 6.40. The van der Waals surface area contributed by atoms with Gasteiger partial charge in [0.15, 0.2) is 6.61 Å². The van der Waals surface area contributed by atoms with Crippen LogP contribution in [0.5, 0.6) is 5.75 Å². The number of aryl methyl sites for hydroxylation is 1. The van der Waals surface area contributed by atoms with E-state index in [1.165, 1.54) is 16.4 Å². The SMILES string of the molecule is Cc1cccc(N(Cc2ccccc2)S(=O)(=O)c2ccc3c(c2)NC(=O)CO3)c1. The summed E-state index contributed by atoms with van der Waals surface area (Å²) >= 11 is 0. The molecule has 3 aromatic carbocycles. The molecule has 0 saturated heterocycles. The second-order valence-electron chi connectivity index (χ2n) is 6.83. The van der Waals surface area contributed by atoms with Crippen molar-refractivity contribution in [2.24, 2.45) is 0 Å². The first-order chi connectivity index (χ1) is 13.9. The van der Waals surface area contributed by atoms with Gasteiger partial charge in [0.1, 0.15) is 5.75 Å². The number of hydrogen-bond acceptors (Lipinski definition) is 4. The van der Waals surface area contributed by atoms with Crippen LogP contribution in [0.1, 0.15) is 11.1 Å². The molecule has 0 bridgehead atoms. The van der Waals surface area contributed by atoms with Gasteiger partial charge in [-0.05, 0) is 48.4 Å². The number of fused-ring (bicyclic) bond motifs is 1. The first kappa shape index (κ1) is 19.0. The second-order valence-corrected chi connectivity index (χ2v) is 8.69. The van der Waals surface area contributed by atoms with Gasteiger partial charge in [-0.2, -0.15) is 0 Å². The Morgan fingerprint density at radius 2 is 1.79 bits per heavy atom. The van der Waals surface area contributed by atoms with E-state index in [0.29, 0.717) is 17.1 Å². The topological polar surface area (TPSA) is 75.7 Å². The molecule has 7 heteroatoms. The zero-order chi connectivity index (χ0) is 20.4. The van der Waals surface area contributed by atoms with Crippen LogP contribution < -0.4 is 14.4 Å². The van der Waals surface area contributed by atoms with Gasteiger partial charge in [0.2, 0.25) is 0 Å². The summed E-state index contributed by atoms with van der Waals surface area (Å²) in [6, 6.07) is 21.3. The zero-order valence-electron chi connectivity index (χ0n) is 15.8. The first-order valence-electron chi connectivity index (χ1n) is 9.13. The van der Waals surface area contributed by atoms with E-state index in [1.807, 2.05) is 55.5 Å². The van der Waals surface area contributed by atoms with Crippen LogP contribution in [-0.4, -0.2) is 20.9 Å². The van der Waals surface area contributed by atoms with Gasteiger partial charge in [-0.25, -0.2) is 8.42 Å². The minimum atomic E-state index is -3.89. The quantitative estimate of drug-likeness (QED) is 0.698. The van der Waals surface area contributed by atoms with E-state index in [9.17, 15) is 13.2 Å². The third kappa shape index (κ3) is 3.95. The Morgan fingerprint density at radius 3 is 2.55 bits per heavy atom. The lowest BCUT2D eigenvalue weighted by atomic mass is 10.2. The van der Waals surface area contributed by atoms with Gasteiger partial charge in [-0.3, -0.25) is 9.10 Å². The monoisotopic (exact) mass is 408 g/mol. The lowest BCUT2D eigenvalue weighted by Gasteiger charge is -2.26. The van der Waals surface area contributed by atoms with E-state index in [0.717, 1.165) is 11.1 Å². The van der Waals surface area contributed by atoms with Crippen LogP contribution in [0, 0.1) is 6.92 Å². The number of carbonyl (C=O) groups is 1. The summed E-state index contributed by atoms with van der Waals surface area (Å²) in [5, 5.41) is 2.66. The molecule has 0 fully saturated rings. The van der Waals surface area contributed by atoms with Crippen molar-refractivity contribution in [1.29, 1.82) is 0 Å². The number of nitrogens with one attached hydrogen (secondary N) is 1. The highest BCUT2D eigenvalue weighted by Crippen LogP contribution is 2.33. The number of nitrogens with zero attached hydrogens (tertiary/aromatic N) is 1. The summed E-state index contributed by atoms with van der Waals surface area (Å²) in [4.78, 5) is 11.7. The van der Waals surface area contributed by atoms with Gasteiger partial charge in [0.25, 0.3) is 15.9 Å². The normalized spacial score (nSPS) is 13.2. The Hall–Kier alpha value is -3.32. The molecule has 4 rings (SSSR count). The molecule has 1 amide bonds. The molecule has 0 unspecified atom stereocenters. The van der Waals surface area contributed by atoms with Crippen molar-refractivity contribution in [3.63, 3.8) is 0 Å². The molecule has 1 heterocycles. The molecule has 1 aliphatic rings. The fourth-order valence-electron chi connectivity index (χ4n) is 3.20. The molecular weight excluding hydrogens is 388 g/mol. The number of carbonyl (C=O) groups excluding carboxylic acids is 1. The summed E-state index contributed by atoms with van der Waals surface area (Å²) in [7, 11) is -3.89. The third-order valence-electron chi connectivity index (χ3n) is 4.63. The van der Waals surface area contributed by atoms with Crippen molar-refractivity contribution in [3.8, 4) is 5.75 Å². The Kier molecular flexibility index (Phi) is 4.98. The highest BCUT2D eigenvalue weighted by molar-refractivity contribution is 7.92. The van der Waals surface area contributed by atoms with Crippen molar-refractivity contribution in [3.05, 3.63) is 83.9 Å². The first-order valence-corrected chi connectivity index (χ1v) is 10.6. The van der Waals surface area contributed by atoms with Crippen LogP contribution in [0.3, 0.4) is 0 Å². The molecule has 0 atom stereocenters. The number of amides is 1. The molecule has 0 saturated carbocycles. The van der Waals surface area contributed by atoms with Gasteiger partial charge in [0, 0.05) is 0 Å². The number of sulfonamides is 1. The molecule has 29 heavy (non-hydrogen) atoms. The van der Waals surface area contributed by atoms with Crippen LogP contribution in [-0.2, 0) is 21.4 Å². The minimum absolute atomic E-state index is 0.0808. The highest BCUT2D eigenvalue weighted by atomic mass is 32.2. The largest absolute Gasteiger partial charge is 0.482 e. The molecule has 148 valence electrons. The number of benzene rings is 3. The number of rotatable bonds is 5. The van der Waals surface area contributed by atoms with Crippen molar-refractivity contribution >= 4 is 27.3 Å². The van der Waals surface area contributed by atoms with Gasteiger partial charge in [-0.15, -0.1) is 0 Å². The Labute approximate surface area is 169 Å². The van der Waals surface area contributed by atoms with Crippen molar-refractivity contribution in [1.82, 2.24) is 0 Å². The van der Waals surface area contributed by atoms with Gasteiger partial charge < -0.3 is 10.1 Å². The minimum Gasteiger partial charge on any atom is -0.482 e. The Balaban J connectivity index is 1.78. The average molecular weight is 408 g/mol. The second kappa shape index (κ2) is 7.60. The predicted octanol–water partition coefficient (Wildman–Crippen LogP) is 3.72. The lowest BCUT2D eigenvalue weighted by Crippen LogP contribution is -2.31. The fraction of sp³-hybridized carbons (Fsp3) is 0.136. The van der Waals surface area contributed by atoms with Crippen molar-refractivity contribution in [2.75, 3.05) is 16.2 Å². The van der Waals surface area contributed by atoms with Crippen LogP contribution in [0.15, 0.2) is 77.7 Å². The number of hydrogen-bond donors (Lipinski definition) is 1. The van der Waals surface area contributed by atoms with Crippen LogP contribution in [0.2, 0.25) is 0 Å². The molecule has 0 spiro atoms. The van der Waals surface area contributed by atoms with Gasteiger partial charge in [-0.1, -0.05) is 42.5 Å². The summed E-state index contributed by atoms with van der Waals surface area (Å²) in [6.07, 6.45) is 0. The Morgan fingerprint density at radius 1 is 1.00 bits per heavy atom. The van der Waals surface area contributed by atoms with Crippen molar-refractivity contribution < 1.29 is 17.9 Å². The van der Waals surface area contributed by atoms with E-state index in [1.54, 1.807) is 12.1 Å².